The Morgan fingerprint density at radius 3 is 2.39 bits per heavy atom. The van der Waals surface area contributed by atoms with E-state index in [1.807, 2.05) is 42.5 Å². The number of amides is 1. The average Bonchev–Trinajstić information content (AvgIpc) is 2.39. The molecule has 0 bridgehead atoms. The third-order valence-corrected chi connectivity index (χ3v) is 2.67. The molecule has 0 aromatic heterocycles. The number of anilines is 1. The number of nitrogens with one attached hydrogen (secondary N) is 1. The summed E-state index contributed by atoms with van der Waals surface area (Å²) in [6.45, 7) is 0. The summed E-state index contributed by atoms with van der Waals surface area (Å²) in [5.74, 6) is 0.189. The van der Waals surface area contributed by atoms with Gasteiger partial charge in [-0.15, -0.1) is 0 Å². The molecule has 0 aliphatic carbocycles. The zero-order valence-electron chi connectivity index (χ0n) is 9.97. The first-order valence-electron chi connectivity index (χ1n) is 5.87. The second-order valence-corrected chi connectivity index (χ2v) is 4.04. The highest BCUT2D eigenvalue weighted by Crippen LogP contribution is 2.17. The van der Waals surface area contributed by atoms with E-state index < -0.39 is 0 Å². The van der Waals surface area contributed by atoms with Crippen molar-refractivity contribution in [2.75, 3.05) is 5.32 Å². The molecule has 0 radical (unpaired) electrons. The summed E-state index contributed by atoms with van der Waals surface area (Å²) in [4.78, 5) is 11.7. The number of benzene rings is 2. The SMILES string of the molecule is O=C(CCc1ccccc1O)Nc1ccccc1. The topological polar surface area (TPSA) is 49.3 Å². The lowest BCUT2D eigenvalue weighted by Crippen LogP contribution is -2.12. The van der Waals surface area contributed by atoms with Gasteiger partial charge < -0.3 is 10.4 Å². The highest BCUT2D eigenvalue weighted by Gasteiger charge is 2.05. The average molecular weight is 241 g/mol. The Morgan fingerprint density at radius 1 is 1.00 bits per heavy atom. The lowest BCUT2D eigenvalue weighted by atomic mass is 10.1. The van der Waals surface area contributed by atoms with Gasteiger partial charge in [0.2, 0.25) is 5.91 Å². The van der Waals surface area contributed by atoms with Crippen LogP contribution in [0.3, 0.4) is 0 Å². The minimum Gasteiger partial charge on any atom is -0.508 e. The van der Waals surface area contributed by atoms with E-state index in [9.17, 15) is 9.90 Å². The van der Waals surface area contributed by atoms with E-state index in [2.05, 4.69) is 5.32 Å². The van der Waals surface area contributed by atoms with E-state index in [1.54, 1.807) is 12.1 Å². The second-order valence-electron chi connectivity index (χ2n) is 4.04. The lowest BCUT2D eigenvalue weighted by Gasteiger charge is -2.06. The normalized spacial score (nSPS) is 10.0. The fourth-order valence-electron chi connectivity index (χ4n) is 1.72. The first kappa shape index (κ1) is 12.2. The number of hydrogen-bond acceptors (Lipinski definition) is 2. The molecule has 2 rings (SSSR count). The number of carbonyl (C=O) groups excluding carboxylic acids is 1. The van der Waals surface area contributed by atoms with E-state index in [-0.39, 0.29) is 11.7 Å². The maximum Gasteiger partial charge on any atom is 0.224 e. The molecule has 0 heterocycles. The van der Waals surface area contributed by atoms with Gasteiger partial charge in [0.25, 0.3) is 0 Å². The van der Waals surface area contributed by atoms with Crippen molar-refractivity contribution in [3.8, 4) is 5.75 Å². The number of phenolic OH excluding ortho intramolecular Hbond substituents is 1. The van der Waals surface area contributed by atoms with Crippen molar-refractivity contribution in [3.63, 3.8) is 0 Å². The fraction of sp³-hybridized carbons (Fsp3) is 0.133. The van der Waals surface area contributed by atoms with Crippen molar-refractivity contribution < 1.29 is 9.90 Å². The molecule has 3 nitrogen and oxygen atoms in total. The molecule has 2 aromatic carbocycles. The number of hydrogen-bond donors (Lipinski definition) is 2. The van der Waals surface area contributed by atoms with Crippen molar-refractivity contribution in [1.29, 1.82) is 0 Å². The summed E-state index contributed by atoms with van der Waals surface area (Å²) < 4.78 is 0. The summed E-state index contributed by atoms with van der Waals surface area (Å²) in [6.07, 6.45) is 0.887. The molecule has 0 spiro atoms. The molecule has 3 heteroatoms. The van der Waals surface area contributed by atoms with Crippen LogP contribution in [0.25, 0.3) is 0 Å². The maximum atomic E-state index is 11.7. The number of carbonyl (C=O) groups is 1. The molecule has 1 amide bonds. The van der Waals surface area contributed by atoms with Gasteiger partial charge >= 0.3 is 0 Å². The number of phenols is 1. The van der Waals surface area contributed by atoms with Crippen molar-refractivity contribution in [2.24, 2.45) is 0 Å². The summed E-state index contributed by atoms with van der Waals surface area (Å²) in [6, 6.07) is 16.4. The third kappa shape index (κ3) is 3.35. The standard InChI is InChI=1S/C15H15NO2/c17-14-9-5-4-6-12(14)10-11-15(18)16-13-7-2-1-3-8-13/h1-9,17H,10-11H2,(H,16,18). The molecule has 92 valence electrons. The highest BCUT2D eigenvalue weighted by molar-refractivity contribution is 5.90. The lowest BCUT2D eigenvalue weighted by molar-refractivity contribution is -0.116. The van der Waals surface area contributed by atoms with Gasteiger partial charge in [-0.3, -0.25) is 4.79 Å². The largest absolute Gasteiger partial charge is 0.508 e. The van der Waals surface area contributed by atoms with Crippen LogP contribution < -0.4 is 5.32 Å². The smallest absolute Gasteiger partial charge is 0.224 e. The quantitative estimate of drug-likeness (QED) is 0.864. The number of aryl methyl sites for hydroxylation is 1. The number of aromatic hydroxyl groups is 1. The van der Waals surface area contributed by atoms with Crippen LogP contribution in [0.4, 0.5) is 5.69 Å². The summed E-state index contributed by atoms with van der Waals surface area (Å²) in [7, 11) is 0. The van der Waals surface area contributed by atoms with Crippen LogP contribution in [0.1, 0.15) is 12.0 Å². The first-order chi connectivity index (χ1) is 8.75. The molecule has 0 saturated heterocycles. The predicted octanol–water partition coefficient (Wildman–Crippen LogP) is 2.96. The summed E-state index contributed by atoms with van der Waals surface area (Å²) in [5.41, 5.74) is 1.58. The molecule has 0 aliphatic rings. The zero-order chi connectivity index (χ0) is 12.8. The summed E-state index contributed by atoms with van der Waals surface area (Å²) in [5, 5.41) is 12.4. The van der Waals surface area contributed by atoms with Crippen LogP contribution in [-0.2, 0) is 11.2 Å². The van der Waals surface area contributed by atoms with Gasteiger partial charge in [0.05, 0.1) is 0 Å². The minimum atomic E-state index is -0.0514. The van der Waals surface area contributed by atoms with Crippen molar-refractivity contribution in [2.45, 2.75) is 12.8 Å². The van der Waals surface area contributed by atoms with Crippen molar-refractivity contribution >= 4 is 11.6 Å². The van der Waals surface area contributed by atoms with Crippen LogP contribution in [0.15, 0.2) is 54.6 Å². The monoisotopic (exact) mass is 241 g/mol. The Hall–Kier alpha value is -2.29. The van der Waals surface area contributed by atoms with Gasteiger partial charge in [-0.1, -0.05) is 36.4 Å². The molecule has 0 fully saturated rings. The fourth-order valence-corrected chi connectivity index (χ4v) is 1.72. The van der Waals surface area contributed by atoms with Crippen LogP contribution in [0.5, 0.6) is 5.75 Å². The van der Waals surface area contributed by atoms with Gasteiger partial charge in [-0.05, 0) is 30.2 Å². The van der Waals surface area contributed by atoms with Crippen LogP contribution in [0, 0.1) is 0 Å². The molecule has 0 unspecified atom stereocenters. The van der Waals surface area contributed by atoms with Crippen LogP contribution in [-0.4, -0.2) is 11.0 Å². The molecule has 2 N–H and O–H groups in total. The first-order valence-corrected chi connectivity index (χ1v) is 5.87. The molecule has 0 aliphatic heterocycles. The summed E-state index contributed by atoms with van der Waals surface area (Å²) >= 11 is 0. The highest BCUT2D eigenvalue weighted by atomic mass is 16.3. The Labute approximate surface area is 106 Å². The third-order valence-electron chi connectivity index (χ3n) is 2.67. The number of rotatable bonds is 4. The molecule has 2 aromatic rings. The second kappa shape index (κ2) is 5.87. The molecule has 0 saturated carbocycles. The Bertz CT molecular complexity index is 523. The zero-order valence-corrected chi connectivity index (χ0v) is 9.97. The van der Waals surface area contributed by atoms with E-state index in [0.29, 0.717) is 12.8 Å². The molecule has 0 atom stereocenters. The maximum absolute atomic E-state index is 11.7. The van der Waals surface area contributed by atoms with E-state index in [1.165, 1.54) is 0 Å². The molecular weight excluding hydrogens is 226 g/mol. The Morgan fingerprint density at radius 2 is 1.67 bits per heavy atom. The van der Waals surface area contributed by atoms with Crippen molar-refractivity contribution in [1.82, 2.24) is 0 Å². The van der Waals surface area contributed by atoms with E-state index >= 15 is 0 Å². The molecule has 18 heavy (non-hydrogen) atoms. The molecular formula is C15H15NO2. The Kier molecular flexibility index (Phi) is 3.97. The van der Waals surface area contributed by atoms with Gasteiger partial charge in [-0.2, -0.15) is 0 Å². The van der Waals surface area contributed by atoms with Gasteiger partial charge in [0, 0.05) is 12.1 Å². The predicted molar refractivity (Wildman–Crippen MR) is 71.5 cm³/mol. The van der Waals surface area contributed by atoms with Gasteiger partial charge in [0.1, 0.15) is 5.75 Å². The van der Waals surface area contributed by atoms with Crippen molar-refractivity contribution in [3.05, 3.63) is 60.2 Å². The number of para-hydroxylation sites is 2. The van der Waals surface area contributed by atoms with E-state index in [4.69, 9.17) is 0 Å². The van der Waals surface area contributed by atoms with Gasteiger partial charge in [0.15, 0.2) is 0 Å². The van der Waals surface area contributed by atoms with Crippen LogP contribution >= 0.6 is 0 Å². The van der Waals surface area contributed by atoms with E-state index in [0.717, 1.165) is 11.3 Å². The Balaban J connectivity index is 1.88. The van der Waals surface area contributed by atoms with Crippen LogP contribution in [0.2, 0.25) is 0 Å². The minimum absolute atomic E-state index is 0.0514. The van der Waals surface area contributed by atoms with Gasteiger partial charge in [-0.25, -0.2) is 0 Å².